The van der Waals surface area contributed by atoms with Gasteiger partial charge in [-0.1, -0.05) is 30.3 Å². The molecule has 4 rings (SSSR count). The highest BCUT2D eigenvalue weighted by Crippen LogP contribution is 2.35. The van der Waals surface area contributed by atoms with Crippen LogP contribution >= 0.6 is 0 Å². The monoisotopic (exact) mass is 341 g/mol. The molecule has 25 heavy (non-hydrogen) atoms. The average molecular weight is 341 g/mol. The van der Waals surface area contributed by atoms with Crippen LogP contribution in [-0.4, -0.2) is 11.8 Å². The third-order valence-electron chi connectivity index (χ3n) is 4.23. The lowest BCUT2D eigenvalue weighted by molar-refractivity contribution is -0.137. The molecule has 1 aliphatic rings. The number of carbonyl (C=O) groups is 2. The highest BCUT2D eigenvalue weighted by molar-refractivity contribution is 6.37. The summed E-state index contributed by atoms with van der Waals surface area (Å²) < 4.78 is 38.1. The summed E-state index contributed by atoms with van der Waals surface area (Å²) >= 11 is 0. The lowest BCUT2D eigenvalue weighted by Crippen LogP contribution is -2.29. The Bertz CT molecular complexity index is 1020. The zero-order chi connectivity index (χ0) is 17.8. The van der Waals surface area contributed by atoms with Crippen LogP contribution in [0.4, 0.5) is 18.9 Å². The van der Waals surface area contributed by atoms with Crippen molar-refractivity contribution in [3.05, 3.63) is 77.4 Å². The van der Waals surface area contributed by atoms with E-state index in [4.69, 9.17) is 0 Å². The fourth-order valence-electron chi connectivity index (χ4n) is 3.04. The molecule has 0 unspecified atom stereocenters. The minimum absolute atomic E-state index is 0.114. The van der Waals surface area contributed by atoms with E-state index in [1.54, 1.807) is 24.3 Å². The zero-order valence-electron chi connectivity index (χ0n) is 12.7. The minimum atomic E-state index is -4.48. The quantitative estimate of drug-likeness (QED) is 0.604. The summed E-state index contributed by atoms with van der Waals surface area (Å²) in [6.45, 7) is 0. The van der Waals surface area contributed by atoms with Crippen LogP contribution in [0.25, 0.3) is 10.8 Å². The Hall–Kier alpha value is -3.15. The number of hydrogen-bond acceptors (Lipinski definition) is 2. The van der Waals surface area contributed by atoms with Crippen LogP contribution in [0.2, 0.25) is 0 Å². The summed E-state index contributed by atoms with van der Waals surface area (Å²) in [5, 5.41) is 1.46. The molecule has 3 nitrogen and oxygen atoms in total. The molecule has 0 saturated heterocycles. The molecule has 0 fully saturated rings. The van der Waals surface area contributed by atoms with E-state index in [9.17, 15) is 22.8 Å². The molecule has 0 atom stereocenters. The van der Waals surface area contributed by atoms with Gasteiger partial charge >= 0.3 is 6.18 Å². The lowest BCUT2D eigenvalue weighted by atomic mass is 10.0. The topological polar surface area (TPSA) is 37.4 Å². The Labute approximate surface area is 140 Å². The van der Waals surface area contributed by atoms with Crippen LogP contribution in [0.5, 0.6) is 0 Å². The number of anilines is 1. The predicted molar refractivity (Wildman–Crippen MR) is 86.5 cm³/mol. The number of hydrogen-bond donors (Lipinski definition) is 0. The number of carbonyl (C=O) groups excluding carboxylic acids is 2. The number of fused-ring (bicyclic) bond motifs is 3. The third kappa shape index (κ3) is 2.29. The summed E-state index contributed by atoms with van der Waals surface area (Å²) in [6.07, 6.45) is -4.48. The molecule has 0 bridgehead atoms. The van der Waals surface area contributed by atoms with Crippen molar-refractivity contribution in [2.45, 2.75) is 6.18 Å². The van der Waals surface area contributed by atoms with E-state index >= 15 is 0 Å². The first-order chi connectivity index (χ1) is 11.9. The molecule has 0 aromatic heterocycles. The SMILES string of the molecule is O=C1c2ccc3ccccc3c2C(=O)N1c1ccc(C(F)(F)F)cc1. The van der Waals surface area contributed by atoms with Gasteiger partial charge in [0.1, 0.15) is 0 Å². The van der Waals surface area contributed by atoms with Gasteiger partial charge in [0.15, 0.2) is 0 Å². The van der Waals surface area contributed by atoms with Crippen molar-refractivity contribution in [3.63, 3.8) is 0 Å². The average Bonchev–Trinajstić information content (AvgIpc) is 2.85. The van der Waals surface area contributed by atoms with Gasteiger partial charge in [0.05, 0.1) is 22.4 Å². The van der Waals surface area contributed by atoms with E-state index in [0.717, 1.165) is 34.6 Å². The molecule has 0 spiro atoms. The Morgan fingerprint density at radius 2 is 1.44 bits per heavy atom. The first-order valence-electron chi connectivity index (χ1n) is 7.46. The van der Waals surface area contributed by atoms with Gasteiger partial charge in [-0.2, -0.15) is 13.2 Å². The van der Waals surface area contributed by atoms with Crippen LogP contribution in [0.3, 0.4) is 0 Å². The zero-order valence-corrected chi connectivity index (χ0v) is 12.7. The highest BCUT2D eigenvalue weighted by Gasteiger charge is 2.38. The Morgan fingerprint density at radius 3 is 2.12 bits per heavy atom. The summed E-state index contributed by atoms with van der Waals surface area (Å²) in [5.41, 5.74) is -0.187. The largest absolute Gasteiger partial charge is 0.416 e. The Morgan fingerprint density at radius 1 is 0.760 bits per heavy atom. The maximum absolute atomic E-state index is 12.8. The third-order valence-corrected chi connectivity index (χ3v) is 4.23. The van der Waals surface area contributed by atoms with E-state index < -0.39 is 23.6 Å². The lowest BCUT2D eigenvalue weighted by Gasteiger charge is -2.15. The molecule has 0 saturated carbocycles. The summed E-state index contributed by atoms with van der Waals surface area (Å²) in [5.74, 6) is -1.07. The molecule has 0 aliphatic carbocycles. The second-order valence-electron chi connectivity index (χ2n) is 5.70. The van der Waals surface area contributed by atoms with E-state index in [0.29, 0.717) is 5.39 Å². The number of rotatable bonds is 1. The second kappa shape index (κ2) is 5.17. The van der Waals surface area contributed by atoms with Crippen LogP contribution < -0.4 is 4.90 Å². The molecule has 0 N–H and O–H groups in total. The van der Waals surface area contributed by atoms with Crippen molar-refractivity contribution in [2.24, 2.45) is 0 Å². The predicted octanol–water partition coefficient (Wildman–Crippen LogP) is 4.66. The first kappa shape index (κ1) is 15.4. The molecule has 6 heteroatoms. The smallest absolute Gasteiger partial charge is 0.268 e. The van der Waals surface area contributed by atoms with Crippen molar-refractivity contribution in [1.29, 1.82) is 0 Å². The fourth-order valence-corrected chi connectivity index (χ4v) is 3.04. The van der Waals surface area contributed by atoms with Gasteiger partial charge < -0.3 is 0 Å². The van der Waals surface area contributed by atoms with Gasteiger partial charge in [0, 0.05) is 0 Å². The molecule has 3 aromatic carbocycles. The number of halogens is 3. The number of amides is 2. The van der Waals surface area contributed by atoms with Crippen LogP contribution in [0, 0.1) is 0 Å². The molecular formula is C19H10F3NO2. The Kier molecular flexibility index (Phi) is 3.18. The van der Waals surface area contributed by atoms with Gasteiger partial charge in [0.2, 0.25) is 0 Å². The molecule has 2 amide bonds. The highest BCUT2D eigenvalue weighted by atomic mass is 19.4. The fraction of sp³-hybridized carbons (Fsp3) is 0.0526. The summed E-state index contributed by atoms with van der Waals surface area (Å²) in [7, 11) is 0. The molecule has 0 radical (unpaired) electrons. The van der Waals surface area contributed by atoms with Gasteiger partial charge in [-0.25, -0.2) is 4.90 Å². The van der Waals surface area contributed by atoms with E-state index in [1.807, 2.05) is 12.1 Å². The molecule has 3 aromatic rings. The van der Waals surface area contributed by atoms with E-state index in [-0.39, 0.29) is 16.8 Å². The second-order valence-corrected chi connectivity index (χ2v) is 5.70. The van der Waals surface area contributed by atoms with Gasteiger partial charge in [-0.3, -0.25) is 9.59 Å². The standard InChI is InChI=1S/C19H10F3NO2/c20-19(21,22)12-6-8-13(9-7-12)23-17(24)15-10-5-11-3-1-2-4-14(11)16(15)18(23)25/h1-10H. The number of nitrogens with zero attached hydrogens (tertiary/aromatic N) is 1. The van der Waals surface area contributed by atoms with Crippen molar-refractivity contribution >= 4 is 28.3 Å². The molecule has 1 aliphatic heterocycles. The van der Waals surface area contributed by atoms with Crippen molar-refractivity contribution in [1.82, 2.24) is 0 Å². The van der Waals surface area contributed by atoms with Crippen LogP contribution in [0.15, 0.2) is 60.7 Å². The Balaban J connectivity index is 1.82. The van der Waals surface area contributed by atoms with Gasteiger partial charge in [-0.05, 0) is 41.1 Å². The summed E-state index contributed by atoms with van der Waals surface area (Å²) in [6, 6.07) is 14.5. The summed E-state index contributed by atoms with van der Waals surface area (Å²) in [4.78, 5) is 26.3. The maximum Gasteiger partial charge on any atom is 0.416 e. The number of benzene rings is 3. The van der Waals surface area contributed by atoms with E-state index in [2.05, 4.69) is 0 Å². The van der Waals surface area contributed by atoms with Crippen LogP contribution in [-0.2, 0) is 6.18 Å². The van der Waals surface area contributed by atoms with Crippen LogP contribution in [0.1, 0.15) is 26.3 Å². The molecule has 124 valence electrons. The van der Waals surface area contributed by atoms with Gasteiger partial charge in [-0.15, -0.1) is 0 Å². The number of alkyl halides is 3. The molecular weight excluding hydrogens is 331 g/mol. The minimum Gasteiger partial charge on any atom is -0.268 e. The normalized spacial score (nSPS) is 14.3. The first-order valence-corrected chi connectivity index (χ1v) is 7.46. The van der Waals surface area contributed by atoms with E-state index in [1.165, 1.54) is 0 Å². The van der Waals surface area contributed by atoms with Crippen molar-refractivity contribution in [2.75, 3.05) is 4.90 Å². The van der Waals surface area contributed by atoms with Crippen molar-refractivity contribution < 1.29 is 22.8 Å². The number of imide groups is 1. The molecule has 1 heterocycles. The van der Waals surface area contributed by atoms with Crippen molar-refractivity contribution in [3.8, 4) is 0 Å². The maximum atomic E-state index is 12.8. The van der Waals surface area contributed by atoms with Gasteiger partial charge in [0.25, 0.3) is 11.8 Å².